The number of furan rings is 3. The number of fused-ring (bicyclic) bond motifs is 9. The third-order valence-corrected chi connectivity index (χ3v) is 25.2. The molecule has 112 heavy (non-hydrogen) atoms. The number of rotatable bonds is 6. The van der Waals surface area contributed by atoms with E-state index in [0.717, 1.165) is 140 Å². The number of aromatic nitrogens is 7. The number of pyridine rings is 3. The van der Waals surface area contributed by atoms with Gasteiger partial charge in [-0.2, -0.15) is 0 Å². The standard InChI is InChI=1S/C25H32N2O.C24H30N2O.C22H28N2O.C17H17N2.C11H13N2/c1-16-9-11-19-20-12-10-17(2)26-23(20)28-22(19)21(16)27-18(3)25(15-24(27,4)5)13-7-6-8-14-25;1-16-10-11-18-19-9-8-14-25-22(19)27-21(18)20(16)26-17(2)24(15-23(26,3)4)12-6-5-7-13-24;1-13-8-10-16-17-11-9-14(2)23-20(17)25-19(16)18(13)24-15(3)21(4,5)12-22(24,6)7;1-14-8-6-7-11-16(14)19-13-12-17(18(19)2)15-9-4-3-5-10-15;1-10-6-3-4-7-11(10)13-9-5-8-12(13)2/h9-12,18H,6-8,13-15H2,1-5H3;8-11,14,17H,5-7,12-13,15H2,1-4H3;8-11,15H,12H2,1-7H3;3-13H,1-2H3;3-9H,1-2H3/q;;;2*+1/i2*15D2;4D3,12D2;;. The quantitative estimate of drug-likeness (QED) is 0.151. The number of para-hydroxylation sites is 2. The molecule has 5 aliphatic rings. The lowest BCUT2D eigenvalue weighted by molar-refractivity contribution is -0.744. The summed E-state index contributed by atoms with van der Waals surface area (Å²) in [7, 11) is 4.13. The molecule has 13 heteroatoms. The van der Waals surface area contributed by atoms with E-state index in [9.17, 15) is 5.48 Å². The average Bonchev–Trinajstić information content (AvgIpc) is 1.53. The molecular weight excluding hydrogens is 1380 g/mol. The third-order valence-electron chi connectivity index (χ3n) is 25.2. The van der Waals surface area contributed by atoms with Gasteiger partial charge in [0.15, 0.2) is 37.0 Å². The van der Waals surface area contributed by atoms with Gasteiger partial charge in [-0.15, -0.1) is 18.7 Å². The van der Waals surface area contributed by atoms with Crippen molar-refractivity contribution in [2.75, 3.05) is 14.7 Å². The van der Waals surface area contributed by atoms with Gasteiger partial charge in [-0.05, 0) is 260 Å². The number of nitrogens with zero attached hydrogens (tertiary/aromatic N) is 10. The van der Waals surface area contributed by atoms with E-state index in [2.05, 4.69) is 241 Å². The number of hydrogen-bond acceptors (Lipinski definition) is 9. The van der Waals surface area contributed by atoms with Gasteiger partial charge < -0.3 is 28.0 Å². The molecule has 6 aromatic carbocycles. The first-order valence-electron chi connectivity index (χ1n) is 45.1. The Balaban J connectivity index is 0.000000121. The zero-order valence-electron chi connectivity index (χ0n) is 78.4. The van der Waals surface area contributed by atoms with Crippen molar-refractivity contribution in [1.82, 2.24) is 24.3 Å². The molecule has 0 bridgehead atoms. The minimum absolute atomic E-state index is 0.0926. The van der Waals surface area contributed by atoms with Crippen molar-refractivity contribution >= 4 is 83.3 Å². The predicted octanol–water partition coefficient (Wildman–Crippen LogP) is 24.4. The van der Waals surface area contributed by atoms with E-state index in [-0.39, 0.29) is 22.9 Å². The molecule has 3 aliphatic heterocycles. The van der Waals surface area contributed by atoms with Crippen LogP contribution in [0.15, 0.2) is 202 Å². The van der Waals surface area contributed by atoms with Gasteiger partial charge in [0.05, 0.1) is 29.5 Å². The first kappa shape index (κ1) is 66.6. The molecule has 5 fully saturated rings. The highest BCUT2D eigenvalue weighted by Crippen LogP contribution is 2.60. The maximum Gasteiger partial charge on any atom is 0.238 e. The van der Waals surface area contributed by atoms with Crippen molar-refractivity contribution in [2.45, 2.75) is 243 Å². The Morgan fingerprint density at radius 1 is 0.411 bits per heavy atom. The van der Waals surface area contributed by atoms with Crippen LogP contribution in [-0.4, -0.2) is 59.1 Å². The summed E-state index contributed by atoms with van der Waals surface area (Å²) in [5.41, 5.74) is 14.7. The number of aryl methyl sites for hydroxylation is 8. The van der Waals surface area contributed by atoms with Gasteiger partial charge in [0, 0.05) is 115 Å². The largest absolute Gasteiger partial charge is 0.436 e. The molecule has 3 saturated heterocycles. The minimum Gasteiger partial charge on any atom is -0.436 e. The van der Waals surface area contributed by atoms with Crippen molar-refractivity contribution < 1.29 is 35.0 Å². The number of benzene rings is 6. The molecule has 19 rings (SSSR count). The lowest BCUT2D eigenvalue weighted by atomic mass is 9.68. The normalized spacial score (nSPS) is 23.3. The summed E-state index contributed by atoms with van der Waals surface area (Å²) in [6.45, 7) is 31.5. The van der Waals surface area contributed by atoms with Crippen LogP contribution < -0.4 is 24.1 Å². The predicted molar refractivity (Wildman–Crippen MR) is 464 cm³/mol. The van der Waals surface area contributed by atoms with Crippen molar-refractivity contribution in [1.29, 1.82) is 0 Å². The lowest BCUT2D eigenvalue weighted by Gasteiger charge is -2.41. The summed E-state index contributed by atoms with van der Waals surface area (Å²) >= 11 is 0. The molecule has 11 heterocycles. The zero-order chi connectivity index (χ0) is 87.0. The van der Waals surface area contributed by atoms with Gasteiger partial charge in [0.2, 0.25) is 22.8 Å². The van der Waals surface area contributed by atoms with Crippen LogP contribution in [0.25, 0.3) is 88.8 Å². The van der Waals surface area contributed by atoms with E-state index < -0.39 is 54.0 Å². The van der Waals surface area contributed by atoms with Crippen molar-refractivity contribution in [2.24, 2.45) is 30.3 Å². The summed E-state index contributed by atoms with van der Waals surface area (Å²) in [6.07, 6.45) is 14.1. The molecule has 0 radical (unpaired) electrons. The van der Waals surface area contributed by atoms with Crippen molar-refractivity contribution in [3.05, 3.63) is 228 Å². The summed E-state index contributed by atoms with van der Waals surface area (Å²) in [5.74, 6) is 0. The molecule has 0 amide bonds. The molecule has 14 aromatic rings. The fraction of sp³-hybridized carbons (Fsp3) is 0.424. The second kappa shape index (κ2) is 29.8. The molecule has 4 unspecified atom stereocenters. The van der Waals surface area contributed by atoms with Crippen LogP contribution in [-0.2, 0) is 14.1 Å². The van der Waals surface area contributed by atoms with Gasteiger partial charge >= 0.3 is 0 Å². The average molecular weight is 1510 g/mol. The van der Waals surface area contributed by atoms with Crippen LogP contribution in [0.2, 0.25) is 0 Å². The topological polar surface area (TPSA) is 105 Å². The van der Waals surface area contributed by atoms with E-state index in [1.165, 1.54) is 46.6 Å². The zero-order valence-corrected chi connectivity index (χ0v) is 69.4. The Labute approximate surface area is 677 Å². The highest BCUT2D eigenvalue weighted by atomic mass is 16.3. The maximum absolute atomic E-state index is 9.34. The third kappa shape index (κ3) is 14.0. The van der Waals surface area contributed by atoms with Crippen LogP contribution in [0.4, 0.5) is 17.1 Å². The Morgan fingerprint density at radius 2 is 0.830 bits per heavy atom. The van der Waals surface area contributed by atoms with E-state index >= 15 is 0 Å². The molecule has 0 N–H and O–H groups in total. The second-order valence-corrected chi connectivity index (χ2v) is 34.3. The smallest absolute Gasteiger partial charge is 0.238 e. The summed E-state index contributed by atoms with van der Waals surface area (Å²) < 4.78 is 107. The van der Waals surface area contributed by atoms with Crippen LogP contribution in [0.5, 0.6) is 0 Å². The van der Waals surface area contributed by atoms with Crippen molar-refractivity contribution in [3.8, 4) is 22.6 Å². The van der Waals surface area contributed by atoms with Gasteiger partial charge in [-0.25, -0.2) is 15.0 Å². The van der Waals surface area contributed by atoms with E-state index in [1.54, 1.807) is 27.0 Å². The summed E-state index contributed by atoms with van der Waals surface area (Å²) in [6, 6.07) is 55.5. The Hall–Kier alpha value is -10.0. The molecule has 582 valence electrons. The molecule has 2 aliphatic carbocycles. The van der Waals surface area contributed by atoms with E-state index in [1.807, 2.05) is 100 Å². The van der Waals surface area contributed by atoms with Gasteiger partial charge in [0.1, 0.15) is 11.4 Å². The number of hydrogen-bond donors (Lipinski definition) is 0. The van der Waals surface area contributed by atoms with Crippen LogP contribution in [0, 0.1) is 64.7 Å². The molecule has 13 nitrogen and oxygen atoms in total. The van der Waals surface area contributed by atoms with E-state index in [0.29, 0.717) is 22.7 Å². The first-order chi connectivity index (χ1) is 57.1. The first-order valence-corrected chi connectivity index (χ1v) is 40.6. The number of anilines is 3. The summed E-state index contributed by atoms with van der Waals surface area (Å²) in [4.78, 5) is 20.2. The molecule has 2 spiro atoms. The highest BCUT2D eigenvalue weighted by molar-refractivity contribution is 6.11. The Bertz CT molecular complexity index is 6210. The lowest BCUT2D eigenvalue weighted by Crippen LogP contribution is -2.44. The SMILES string of the molecule is Cc1ccccc1-n1ccc(-c2ccccc2)[n+]1C.Cc1ccccc1-n1ccc[n+]1C.[2H]C([2H])([2H])C1(C)C(C)N(c2c(C)ccc3c2oc2nc(C)ccc23)C(C)(C)C1([2H])[2H].[2H]C1([2H])C2(CCCCC2)C(C)N(c2c(C)ccc3c2oc2nc(C)ccc23)C1(C)C.[2H]C1([2H])C2(CCCCC2)C(C)N(c2c(C)ccc3c2oc2ncccc23)C1(C)C. The summed E-state index contributed by atoms with van der Waals surface area (Å²) in [5, 5.41) is 5.95. The van der Waals surface area contributed by atoms with Crippen LogP contribution in [0.1, 0.15) is 211 Å². The molecule has 4 atom stereocenters. The highest BCUT2D eigenvalue weighted by Gasteiger charge is 2.56. The fourth-order valence-corrected chi connectivity index (χ4v) is 19.8. The molecule has 2 saturated carbocycles. The van der Waals surface area contributed by atoms with Crippen LogP contribution in [0.3, 0.4) is 0 Å². The monoisotopic (exact) mass is 1510 g/mol. The van der Waals surface area contributed by atoms with Crippen molar-refractivity contribution in [3.63, 3.8) is 0 Å². The molecular formula is C99H120N10O3+2. The maximum atomic E-state index is 9.34. The fourth-order valence-electron chi connectivity index (χ4n) is 19.8. The van der Waals surface area contributed by atoms with Gasteiger partial charge in [0.25, 0.3) is 0 Å². The van der Waals surface area contributed by atoms with E-state index in [4.69, 9.17) is 20.1 Å². The molecule has 8 aromatic heterocycles. The van der Waals surface area contributed by atoms with Gasteiger partial charge in [-0.1, -0.05) is 143 Å². The Morgan fingerprint density at radius 3 is 1.28 bits per heavy atom. The second-order valence-electron chi connectivity index (χ2n) is 34.3. The van der Waals surface area contributed by atoms with Gasteiger partial charge in [-0.3, -0.25) is 0 Å². The Kier molecular flexibility index (Phi) is 17.7. The minimum atomic E-state index is -2.48. The van der Waals surface area contributed by atoms with Crippen LogP contribution >= 0.6 is 0 Å².